The lowest BCUT2D eigenvalue weighted by Gasteiger charge is -2.11. The molecule has 2 N–H and O–H groups in total. The van der Waals surface area contributed by atoms with Crippen LogP contribution in [0.25, 0.3) is 0 Å². The van der Waals surface area contributed by atoms with Gasteiger partial charge in [-0.05, 0) is 26.2 Å². The fourth-order valence-corrected chi connectivity index (χ4v) is 3.62. The van der Waals surface area contributed by atoms with Gasteiger partial charge in [0, 0.05) is 24.7 Å². The molecule has 0 aliphatic heterocycles. The van der Waals surface area contributed by atoms with Gasteiger partial charge in [-0.1, -0.05) is 27.7 Å². The van der Waals surface area contributed by atoms with Crippen LogP contribution in [0.2, 0.25) is 0 Å². The van der Waals surface area contributed by atoms with E-state index < -0.39 is 10.0 Å². The lowest BCUT2D eigenvalue weighted by atomic mass is 10.1. The van der Waals surface area contributed by atoms with E-state index in [2.05, 4.69) is 23.9 Å². The molecule has 0 spiro atoms. The molecule has 1 heterocycles. The predicted molar refractivity (Wildman–Crippen MR) is 84.8 cm³/mol. The van der Waals surface area contributed by atoms with Crippen LogP contribution in [0.4, 0.5) is 0 Å². The molecule has 0 fully saturated rings. The fourth-order valence-electron chi connectivity index (χ4n) is 2.13. The van der Waals surface area contributed by atoms with E-state index in [0.29, 0.717) is 30.5 Å². The van der Waals surface area contributed by atoms with Crippen LogP contribution >= 0.6 is 0 Å². The fraction of sp³-hybridized carbons (Fsp3) is 0.733. The van der Waals surface area contributed by atoms with E-state index in [1.807, 2.05) is 13.8 Å². The zero-order valence-electron chi connectivity index (χ0n) is 13.9. The van der Waals surface area contributed by atoms with Gasteiger partial charge in [0.2, 0.25) is 10.0 Å². The van der Waals surface area contributed by atoms with Gasteiger partial charge in [-0.2, -0.15) is 0 Å². The summed E-state index contributed by atoms with van der Waals surface area (Å²) in [4.78, 5) is 0.289. The summed E-state index contributed by atoms with van der Waals surface area (Å²) in [5.41, 5.74) is 0.721. The monoisotopic (exact) mass is 316 g/mol. The van der Waals surface area contributed by atoms with Crippen molar-refractivity contribution < 1.29 is 12.8 Å². The van der Waals surface area contributed by atoms with Crippen molar-refractivity contribution in [1.82, 2.24) is 10.0 Å². The number of nitrogens with one attached hydrogen (secondary N) is 2. The number of hydrogen-bond acceptors (Lipinski definition) is 4. The van der Waals surface area contributed by atoms with E-state index in [1.165, 1.54) is 0 Å². The van der Waals surface area contributed by atoms with Crippen LogP contribution in [0.3, 0.4) is 0 Å². The Balaban J connectivity index is 2.99. The van der Waals surface area contributed by atoms with Gasteiger partial charge in [0.1, 0.15) is 16.4 Å². The van der Waals surface area contributed by atoms with Gasteiger partial charge in [-0.15, -0.1) is 0 Å². The molecule has 6 heteroatoms. The highest BCUT2D eigenvalue weighted by atomic mass is 32.2. The summed E-state index contributed by atoms with van der Waals surface area (Å²) in [7, 11) is -3.53. The van der Waals surface area contributed by atoms with Gasteiger partial charge >= 0.3 is 0 Å². The zero-order chi connectivity index (χ0) is 16.2. The van der Waals surface area contributed by atoms with Gasteiger partial charge in [0.05, 0.1) is 0 Å². The highest BCUT2D eigenvalue weighted by molar-refractivity contribution is 7.89. The summed E-state index contributed by atoms with van der Waals surface area (Å²) in [6.45, 7) is 12.6. The number of aryl methyl sites for hydroxylation is 2. The molecule has 1 aromatic heterocycles. The van der Waals surface area contributed by atoms with Crippen molar-refractivity contribution in [3.63, 3.8) is 0 Å². The highest BCUT2D eigenvalue weighted by Crippen LogP contribution is 2.26. The maximum absolute atomic E-state index is 12.5. The van der Waals surface area contributed by atoms with E-state index in [4.69, 9.17) is 4.42 Å². The first-order valence-corrected chi connectivity index (χ1v) is 8.95. The molecule has 0 atom stereocenters. The summed E-state index contributed by atoms with van der Waals surface area (Å²) in [6, 6.07) is 0.282. The second-order valence-corrected chi connectivity index (χ2v) is 7.84. The number of hydrogen-bond donors (Lipinski definition) is 2. The summed E-state index contributed by atoms with van der Waals surface area (Å²) >= 11 is 0. The SMILES string of the molecule is Cc1oc(C)c(S(=O)(=O)NCCC(C)C)c1CNC(C)C. The Labute approximate surface area is 128 Å². The van der Waals surface area contributed by atoms with Crippen molar-refractivity contribution in [3.8, 4) is 0 Å². The van der Waals surface area contributed by atoms with Gasteiger partial charge in [0.15, 0.2) is 0 Å². The molecular weight excluding hydrogens is 288 g/mol. The van der Waals surface area contributed by atoms with Gasteiger partial charge < -0.3 is 9.73 Å². The van der Waals surface area contributed by atoms with Crippen LogP contribution < -0.4 is 10.0 Å². The molecule has 0 unspecified atom stereocenters. The third kappa shape index (κ3) is 5.13. The van der Waals surface area contributed by atoms with Crippen molar-refractivity contribution in [1.29, 1.82) is 0 Å². The summed E-state index contributed by atoms with van der Waals surface area (Å²) < 4.78 is 33.2. The van der Waals surface area contributed by atoms with Crippen molar-refractivity contribution in [2.45, 2.75) is 65.4 Å². The van der Waals surface area contributed by atoms with E-state index in [9.17, 15) is 8.42 Å². The van der Waals surface area contributed by atoms with E-state index in [0.717, 1.165) is 12.0 Å². The molecule has 0 aliphatic rings. The normalized spacial score (nSPS) is 12.6. The summed E-state index contributed by atoms with van der Waals surface area (Å²) in [5, 5.41) is 3.25. The van der Waals surface area contributed by atoms with Crippen LogP contribution in [0, 0.1) is 19.8 Å². The second kappa shape index (κ2) is 7.42. The highest BCUT2D eigenvalue weighted by Gasteiger charge is 2.26. The minimum Gasteiger partial charge on any atom is -0.465 e. The third-order valence-corrected chi connectivity index (χ3v) is 4.95. The van der Waals surface area contributed by atoms with Crippen LogP contribution in [0.1, 0.15) is 51.2 Å². The largest absolute Gasteiger partial charge is 0.465 e. The summed E-state index contributed by atoms with van der Waals surface area (Å²) in [6.07, 6.45) is 0.814. The lowest BCUT2D eigenvalue weighted by molar-refractivity contribution is 0.491. The first-order chi connectivity index (χ1) is 9.65. The van der Waals surface area contributed by atoms with Crippen molar-refractivity contribution in [2.75, 3.05) is 6.54 Å². The molecule has 0 aliphatic carbocycles. The summed E-state index contributed by atoms with van der Waals surface area (Å²) in [5.74, 6) is 1.57. The Morgan fingerprint density at radius 3 is 2.24 bits per heavy atom. The first-order valence-electron chi connectivity index (χ1n) is 7.47. The molecule has 0 aromatic carbocycles. The Hall–Kier alpha value is -0.850. The topological polar surface area (TPSA) is 71.3 Å². The van der Waals surface area contributed by atoms with Crippen LogP contribution in [0.5, 0.6) is 0 Å². The van der Waals surface area contributed by atoms with E-state index in [-0.39, 0.29) is 10.9 Å². The van der Waals surface area contributed by atoms with Gasteiger partial charge in [-0.3, -0.25) is 0 Å². The molecule has 1 aromatic rings. The molecule has 5 nitrogen and oxygen atoms in total. The Kier molecular flexibility index (Phi) is 6.43. The van der Waals surface area contributed by atoms with Crippen molar-refractivity contribution in [2.24, 2.45) is 5.92 Å². The lowest BCUT2D eigenvalue weighted by Crippen LogP contribution is -2.28. The molecule has 0 saturated carbocycles. The molecule has 0 saturated heterocycles. The molecule has 21 heavy (non-hydrogen) atoms. The molecule has 0 bridgehead atoms. The standard InChI is InChI=1S/C15H28N2O3S/c1-10(2)7-8-17-21(18,19)15-13(6)20-12(5)14(15)9-16-11(3)4/h10-11,16-17H,7-9H2,1-6H3. The van der Waals surface area contributed by atoms with Crippen LogP contribution in [0.15, 0.2) is 9.31 Å². The van der Waals surface area contributed by atoms with Gasteiger partial charge in [-0.25, -0.2) is 13.1 Å². The maximum atomic E-state index is 12.5. The predicted octanol–water partition coefficient (Wildman–Crippen LogP) is 2.72. The van der Waals surface area contributed by atoms with E-state index >= 15 is 0 Å². The van der Waals surface area contributed by atoms with E-state index in [1.54, 1.807) is 13.8 Å². The molecule has 122 valence electrons. The molecule has 0 radical (unpaired) electrons. The average molecular weight is 316 g/mol. The Bertz CT molecular complexity index is 560. The minimum atomic E-state index is -3.53. The third-order valence-electron chi connectivity index (χ3n) is 3.29. The van der Waals surface area contributed by atoms with Crippen molar-refractivity contribution in [3.05, 3.63) is 17.1 Å². The number of furan rings is 1. The van der Waals surface area contributed by atoms with Gasteiger partial charge in [0.25, 0.3) is 0 Å². The second-order valence-electron chi connectivity index (χ2n) is 6.14. The number of rotatable bonds is 8. The maximum Gasteiger partial charge on any atom is 0.244 e. The molecule has 1 rings (SSSR count). The molecular formula is C15H28N2O3S. The Morgan fingerprint density at radius 2 is 1.71 bits per heavy atom. The first kappa shape index (κ1) is 18.2. The smallest absolute Gasteiger partial charge is 0.244 e. The van der Waals surface area contributed by atoms with Crippen molar-refractivity contribution >= 4 is 10.0 Å². The number of sulfonamides is 1. The zero-order valence-corrected chi connectivity index (χ0v) is 14.7. The van der Waals surface area contributed by atoms with Crippen LogP contribution in [-0.4, -0.2) is 21.0 Å². The quantitative estimate of drug-likeness (QED) is 0.773. The minimum absolute atomic E-state index is 0.282. The van der Waals surface area contributed by atoms with Crippen LogP contribution in [-0.2, 0) is 16.6 Å². The Morgan fingerprint density at radius 1 is 1.10 bits per heavy atom. The average Bonchev–Trinajstić information content (AvgIpc) is 2.60. The molecule has 0 amide bonds.